The first-order valence-corrected chi connectivity index (χ1v) is 14.5. The van der Waals surface area contributed by atoms with Gasteiger partial charge in [-0.25, -0.2) is 8.42 Å². The van der Waals surface area contributed by atoms with Gasteiger partial charge in [0.1, 0.15) is 5.75 Å². The lowest BCUT2D eigenvalue weighted by molar-refractivity contribution is -0.121. The predicted octanol–water partition coefficient (Wildman–Crippen LogP) is 3.77. The van der Waals surface area contributed by atoms with Crippen molar-refractivity contribution in [2.75, 3.05) is 29.7 Å². The molecule has 3 aromatic carbocycles. The number of likely N-dealkylation sites (tertiary alicyclic amines) is 1. The fourth-order valence-corrected chi connectivity index (χ4v) is 6.37. The summed E-state index contributed by atoms with van der Waals surface area (Å²) in [6, 6.07) is 20.1. The summed E-state index contributed by atoms with van der Waals surface area (Å²) >= 11 is 12.3. The van der Waals surface area contributed by atoms with Gasteiger partial charge in [0.05, 0.1) is 29.6 Å². The molecule has 0 bridgehead atoms. The van der Waals surface area contributed by atoms with Gasteiger partial charge in [0, 0.05) is 35.7 Å². The average molecular weight is 578 g/mol. The maximum absolute atomic E-state index is 13.5. The van der Waals surface area contributed by atoms with Crippen LogP contribution in [0.2, 0.25) is 10.0 Å². The number of nitrogens with zero attached hydrogens (tertiary/aromatic N) is 2. The first kappa shape index (κ1) is 28.2. The molecule has 0 radical (unpaired) electrons. The Morgan fingerprint density at radius 2 is 1.61 bits per heavy atom. The molecular formula is C27H30Cl2N4O4S. The number of amides is 1. The Hall–Kier alpha value is -2.82. The molecule has 38 heavy (non-hydrogen) atoms. The third-order valence-electron chi connectivity index (χ3n) is 6.42. The minimum absolute atomic E-state index is 0.0376. The van der Waals surface area contributed by atoms with Crippen LogP contribution >= 0.6 is 23.2 Å². The molecule has 11 heteroatoms. The number of phenols is 1. The average Bonchev–Trinajstić information content (AvgIpc) is 2.84. The highest BCUT2D eigenvalue weighted by Crippen LogP contribution is 2.37. The molecule has 1 heterocycles. The standard InChI is InChI=1S/C27H30Cl2N4O4S/c1-18(30)27(35)31-13-14-38(36,37)33(23-3-2-4-25(34)15-23)24-16-32(17-24)26(19-5-9-21(28)10-6-19)20-7-11-22(29)12-8-20/h2-12,15,18,24,26,34H,13-14,16-17,30H2,1H3,(H,31,35). The lowest BCUT2D eigenvalue weighted by Gasteiger charge is -2.49. The zero-order chi connectivity index (χ0) is 27.4. The van der Waals surface area contributed by atoms with Gasteiger partial charge in [0.15, 0.2) is 0 Å². The summed E-state index contributed by atoms with van der Waals surface area (Å²) in [5.74, 6) is -0.771. The topological polar surface area (TPSA) is 116 Å². The van der Waals surface area contributed by atoms with Gasteiger partial charge in [-0.05, 0) is 54.4 Å². The summed E-state index contributed by atoms with van der Waals surface area (Å²) < 4.78 is 28.4. The Labute approximate surface area is 233 Å². The van der Waals surface area contributed by atoms with Crippen LogP contribution < -0.4 is 15.4 Å². The van der Waals surface area contributed by atoms with Crippen LogP contribution in [0.5, 0.6) is 5.75 Å². The number of benzene rings is 3. The van der Waals surface area contributed by atoms with E-state index in [9.17, 15) is 18.3 Å². The molecule has 1 aliphatic heterocycles. The van der Waals surface area contributed by atoms with Gasteiger partial charge in [-0.1, -0.05) is 53.5 Å². The van der Waals surface area contributed by atoms with Crippen molar-refractivity contribution in [1.82, 2.24) is 10.2 Å². The van der Waals surface area contributed by atoms with Gasteiger partial charge >= 0.3 is 0 Å². The van der Waals surface area contributed by atoms with E-state index in [2.05, 4.69) is 10.2 Å². The zero-order valence-corrected chi connectivity index (χ0v) is 23.1. The second kappa shape index (κ2) is 11.9. The van der Waals surface area contributed by atoms with Crippen molar-refractivity contribution in [2.24, 2.45) is 5.73 Å². The first-order valence-electron chi connectivity index (χ1n) is 12.1. The van der Waals surface area contributed by atoms with Crippen LogP contribution in [0, 0.1) is 0 Å². The van der Waals surface area contributed by atoms with Gasteiger partial charge < -0.3 is 16.2 Å². The van der Waals surface area contributed by atoms with E-state index in [0.717, 1.165) is 11.1 Å². The van der Waals surface area contributed by atoms with Crippen LogP contribution in [0.3, 0.4) is 0 Å². The summed E-state index contributed by atoms with van der Waals surface area (Å²) in [5.41, 5.74) is 7.96. The molecule has 0 spiro atoms. The quantitative estimate of drug-likeness (QED) is 0.338. The predicted molar refractivity (Wildman–Crippen MR) is 151 cm³/mol. The monoisotopic (exact) mass is 576 g/mol. The third-order valence-corrected chi connectivity index (χ3v) is 8.75. The smallest absolute Gasteiger partial charge is 0.237 e. The van der Waals surface area contributed by atoms with Crippen molar-refractivity contribution >= 4 is 44.8 Å². The van der Waals surface area contributed by atoms with Crippen LogP contribution in [0.4, 0.5) is 5.69 Å². The molecule has 1 amide bonds. The zero-order valence-electron chi connectivity index (χ0n) is 20.8. The van der Waals surface area contributed by atoms with E-state index in [1.54, 1.807) is 12.1 Å². The number of rotatable bonds is 10. The molecule has 202 valence electrons. The lowest BCUT2D eigenvalue weighted by Crippen LogP contribution is -2.62. The molecule has 0 saturated carbocycles. The third kappa shape index (κ3) is 6.59. The summed E-state index contributed by atoms with van der Waals surface area (Å²) in [6.07, 6.45) is 0. The molecule has 8 nitrogen and oxygen atoms in total. The van der Waals surface area contributed by atoms with E-state index in [-0.39, 0.29) is 30.1 Å². The van der Waals surface area contributed by atoms with E-state index in [0.29, 0.717) is 28.8 Å². The van der Waals surface area contributed by atoms with Crippen LogP contribution in [0.1, 0.15) is 24.1 Å². The van der Waals surface area contributed by atoms with Crippen LogP contribution in [0.15, 0.2) is 72.8 Å². The number of nitrogens with one attached hydrogen (secondary N) is 1. The highest BCUT2D eigenvalue weighted by Gasteiger charge is 2.41. The lowest BCUT2D eigenvalue weighted by atomic mass is 9.93. The molecule has 4 rings (SSSR count). The van der Waals surface area contributed by atoms with E-state index in [1.807, 2.05) is 48.5 Å². The number of hydrogen-bond acceptors (Lipinski definition) is 6. The van der Waals surface area contributed by atoms with Gasteiger partial charge in [-0.3, -0.25) is 14.0 Å². The summed E-state index contributed by atoms with van der Waals surface area (Å²) in [7, 11) is -3.86. The Bertz CT molecular complexity index is 1320. The van der Waals surface area contributed by atoms with Gasteiger partial charge in [0.2, 0.25) is 15.9 Å². The van der Waals surface area contributed by atoms with Crippen molar-refractivity contribution in [1.29, 1.82) is 0 Å². The minimum Gasteiger partial charge on any atom is -0.508 e. The second-order valence-corrected chi connectivity index (χ2v) is 12.2. The van der Waals surface area contributed by atoms with Gasteiger partial charge in [-0.2, -0.15) is 0 Å². The van der Waals surface area contributed by atoms with Crippen molar-refractivity contribution < 1.29 is 18.3 Å². The minimum atomic E-state index is -3.86. The molecule has 4 N–H and O–H groups in total. The first-order chi connectivity index (χ1) is 18.0. The Balaban J connectivity index is 1.59. The molecule has 1 fully saturated rings. The van der Waals surface area contributed by atoms with E-state index in [1.165, 1.54) is 23.4 Å². The maximum Gasteiger partial charge on any atom is 0.237 e. The van der Waals surface area contributed by atoms with Crippen LogP contribution in [-0.4, -0.2) is 61.8 Å². The van der Waals surface area contributed by atoms with Crippen LogP contribution in [0.25, 0.3) is 0 Å². The van der Waals surface area contributed by atoms with E-state index >= 15 is 0 Å². The van der Waals surface area contributed by atoms with E-state index < -0.39 is 22.0 Å². The number of sulfonamides is 1. The SMILES string of the molecule is CC(N)C(=O)NCCS(=O)(=O)N(c1cccc(O)c1)C1CN(C(c2ccc(Cl)cc2)c2ccc(Cl)cc2)C1. The number of nitrogens with two attached hydrogens (primary N) is 1. The highest BCUT2D eigenvalue weighted by molar-refractivity contribution is 7.92. The number of phenolic OH excluding ortho intramolecular Hbond substituents is 1. The number of carbonyl (C=O) groups is 1. The highest BCUT2D eigenvalue weighted by atomic mass is 35.5. The number of halogens is 2. The number of hydrogen-bond donors (Lipinski definition) is 3. The van der Waals surface area contributed by atoms with E-state index in [4.69, 9.17) is 28.9 Å². The summed E-state index contributed by atoms with van der Waals surface area (Å²) in [5, 5.41) is 13.9. The maximum atomic E-state index is 13.5. The second-order valence-electron chi connectivity index (χ2n) is 9.32. The van der Waals surface area contributed by atoms with Crippen molar-refractivity contribution in [3.8, 4) is 5.75 Å². The molecule has 1 unspecified atom stereocenters. The fraction of sp³-hybridized carbons (Fsp3) is 0.296. The Morgan fingerprint density at radius 1 is 1.05 bits per heavy atom. The molecule has 0 aromatic heterocycles. The summed E-state index contributed by atoms with van der Waals surface area (Å²) in [4.78, 5) is 14.0. The Kier molecular flexibility index (Phi) is 8.85. The molecule has 0 aliphatic carbocycles. The van der Waals surface area contributed by atoms with Crippen molar-refractivity contribution in [3.05, 3.63) is 94.0 Å². The Morgan fingerprint density at radius 3 is 2.11 bits per heavy atom. The fourth-order valence-electron chi connectivity index (χ4n) is 4.54. The van der Waals surface area contributed by atoms with Gasteiger partial charge in [0.25, 0.3) is 0 Å². The number of anilines is 1. The largest absolute Gasteiger partial charge is 0.508 e. The van der Waals surface area contributed by atoms with Crippen molar-refractivity contribution in [3.63, 3.8) is 0 Å². The molecule has 1 aliphatic rings. The summed E-state index contributed by atoms with van der Waals surface area (Å²) in [6.45, 7) is 2.34. The molecular weight excluding hydrogens is 547 g/mol. The number of aromatic hydroxyl groups is 1. The van der Waals surface area contributed by atoms with Crippen molar-refractivity contribution in [2.45, 2.75) is 25.0 Å². The van der Waals surface area contributed by atoms with Gasteiger partial charge in [-0.15, -0.1) is 0 Å². The van der Waals surface area contributed by atoms with Crippen LogP contribution in [-0.2, 0) is 14.8 Å². The molecule has 1 atom stereocenters. The number of carbonyl (C=O) groups excluding carboxylic acids is 1. The molecule has 1 saturated heterocycles. The normalized spacial score (nSPS) is 15.2. The molecule has 3 aromatic rings.